The maximum Gasteiger partial charge on any atom is 0.243 e. The van der Waals surface area contributed by atoms with Crippen LogP contribution in [0.25, 0.3) is 0 Å². The number of hydrogen-bond donors (Lipinski definition) is 2. The molecule has 1 aliphatic heterocycles. The number of amides is 1. The van der Waals surface area contributed by atoms with Crippen LogP contribution in [0.2, 0.25) is 0 Å². The number of benzene rings is 2. The molecule has 132 valence electrons. The zero-order chi connectivity index (χ0) is 17.6. The largest absolute Gasteiger partial charge is 0.378 e. The highest BCUT2D eigenvalue weighted by atomic mass is 16.5. The number of nitrogens with one attached hydrogen (secondary N) is 2. The number of nitrogens with zero attached hydrogens (tertiary/aromatic N) is 1. The van der Waals surface area contributed by atoms with E-state index >= 15 is 0 Å². The fourth-order valence-electron chi connectivity index (χ4n) is 2.90. The van der Waals surface area contributed by atoms with Crippen molar-refractivity contribution in [3.05, 3.63) is 53.6 Å². The molecule has 0 spiro atoms. The summed E-state index contributed by atoms with van der Waals surface area (Å²) in [4.78, 5) is 14.5. The highest BCUT2D eigenvalue weighted by Crippen LogP contribution is 2.26. The standard InChI is InChI=1S/C20H25N3O2/c1-15-7-8-17(13-16(15)2)22-20(24)14-21-18-5-3-4-6-19(18)23-9-11-25-12-10-23/h3-8,13,21H,9-12,14H2,1-2H3,(H,22,24). The molecule has 0 unspecified atom stereocenters. The van der Waals surface area contributed by atoms with E-state index < -0.39 is 0 Å². The summed E-state index contributed by atoms with van der Waals surface area (Å²) in [5.41, 5.74) is 5.31. The smallest absolute Gasteiger partial charge is 0.243 e. The zero-order valence-corrected chi connectivity index (χ0v) is 14.8. The van der Waals surface area contributed by atoms with Gasteiger partial charge in [-0.3, -0.25) is 4.79 Å². The van der Waals surface area contributed by atoms with Gasteiger partial charge in [0.05, 0.1) is 31.1 Å². The van der Waals surface area contributed by atoms with E-state index in [9.17, 15) is 4.79 Å². The first-order chi connectivity index (χ1) is 12.1. The number of hydrogen-bond acceptors (Lipinski definition) is 4. The minimum Gasteiger partial charge on any atom is -0.378 e. The summed E-state index contributed by atoms with van der Waals surface area (Å²) >= 11 is 0. The summed E-state index contributed by atoms with van der Waals surface area (Å²) < 4.78 is 5.42. The molecule has 2 aromatic carbocycles. The van der Waals surface area contributed by atoms with Crippen LogP contribution in [0.1, 0.15) is 11.1 Å². The van der Waals surface area contributed by atoms with Crippen LogP contribution >= 0.6 is 0 Å². The Labute approximate surface area is 149 Å². The van der Waals surface area contributed by atoms with Crippen molar-refractivity contribution < 1.29 is 9.53 Å². The normalized spacial score (nSPS) is 14.2. The third-order valence-electron chi connectivity index (χ3n) is 4.49. The minimum absolute atomic E-state index is 0.0555. The van der Waals surface area contributed by atoms with E-state index in [0.29, 0.717) is 0 Å². The second-order valence-corrected chi connectivity index (χ2v) is 6.32. The lowest BCUT2D eigenvalue weighted by Gasteiger charge is -2.30. The molecule has 25 heavy (non-hydrogen) atoms. The Morgan fingerprint density at radius 1 is 1.08 bits per heavy atom. The van der Waals surface area contributed by atoms with Crippen molar-refractivity contribution in [1.82, 2.24) is 0 Å². The molecule has 2 aromatic rings. The molecule has 5 heteroatoms. The van der Waals surface area contributed by atoms with E-state index in [1.807, 2.05) is 43.3 Å². The molecule has 0 aliphatic carbocycles. The first kappa shape index (κ1) is 17.3. The fraction of sp³-hybridized carbons (Fsp3) is 0.350. The van der Waals surface area contributed by atoms with Gasteiger partial charge in [-0.15, -0.1) is 0 Å². The predicted molar refractivity (Wildman–Crippen MR) is 103 cm³/mol. The topological polar surface area (TPSA) is 53.6 Å². The lowest BCUT2D eigenvalue weighted by Crippen LogP contribution is -2.36. The zero-order valence-electron chi connectivity index (χ0n) is 14.8. The van der Waals surface area contributed by atoms with E-state index in [0.717, 1.165) is 43.4 Å². The Morgan fingerprint density at radius 3 is 2.60 bits per heavy atom. The highest BCUT2D eigenvalue weighted by molar-refractivity contribution is 5.94. The summed E-state index contributed by atoms with van der Waals surface area (Å²) in [5.74, 6) is -0.0555. The van der Waals surface area contributed by atoms with Gasteiger partial charge < -0.3 is 20.3 Å². The number of morpholine rings is 1. The lowest BCUT2D eigenvalue weighted by atomic mass is 10.1. The van der Waals surface area contributed by atoms with Crippen molar-refractivity contribution in [2.24, 2.45) is 0 Å². The molecule has 1 amide bonds. The van der Waals surface area contributed by atoms with Gasteiger partial charge in [0.1, 0.15) is 0 Å². The van der Waals surface area contributed by atoms with Crippen LogP contribution in [0.4, 0.5) is 17.1 Å². The Bertz CT molecular complexity index is 739. The second kappa shape index (κ2) is 8.03. The number of carbonyl (C=O) groups excluding carboxylic acids is 1. The molecule has 0 aromatic heterocycles. The van der Waals surface area contributed by atoms with Gasteiger partial charge in [-0.25, -0.2) is 0 Å². The Morgan fingerprint density at radius 2 is 1.84 bits per heavy atom. The molecule has 0 saturated carbocycles. The summed E-state index contributed by atoms with van der Waals surface area (Å²) in [6, 6.07) is 14.0. The quantitative estimate of drug-likeness (QED) is 0.878. The lowest BCUT2D eigenvalue weighted by molar-refractivity contribution is -0.114. The first-order valence-corrected chi connectivity index (χ1v) is 8.66. The SMILES string of the molecule is Cc1ccc(NC(=O)CNc2ccccc2N2CCOCC2)cc1C. The van der Waals surface area contributed by atoms with Crippen LogP contribution < -0.4 is 15.5 Å². The molecule has 1 aliphatic rings. The van der Waals surface area contributed by atoms with E-state index in [1.54, 1.807) is 0 Å². The van der Waals surface area contributed by atoms with E-state index in [2.05, 4.69) is 28.5 Å². The van der Waals surface area contributed by atoms with Gasteiger partial charge >= 0.3 is 0 Å². The maximum atomic E-state index is 12.3. The van der Waals surface area contributed by atoms with Gasteiger partial charge in [-0.2, -0.15) is 0 Å². The van der Waals surface area contributed by atoms with Crippen molar-refractivity contribution in [2.75, 3.05) is 48.4 Å². The average molecular weight is 339 g/mol. The molecule has 2 N–H and O–H groups in total. The van der Waals surface area contributed by atoms with Crippen molar-refractivity contribution in [3.63, 3.8) is 0 Å². The van der Waals surface area contributed by atoms with E-state index in [-0.39, 0.29) is 12.5 Å². The second-order valence-electron chi connectivity index (χ2n) is 6.32. The number of ether oxygens (including phenoxy) is 1. The van der Waals surface area contributed by atoms with Crippen molar-refractivity contribution in [1.29, 1.82) is 0 Å². The summed E-state index contributed by atoms with van der Waals surface area (Å²) in [6.07, 6.45) is 0. The number of carbonyl (C=O) groups is 1. The van der Waals surface area contributed by atoms with Gasteiger partial charge in [0.25, 0.3) is 0 Å². The Balaban J connectivity index is 1.61. The number of para-hydroxylation sites is 2. The number of aryl methyl sites for hydroxylation is 2. The molecular formula is C20H25N3O2. The number of rotatable bonds is 5. The van der Waals surface area contributed by atoms with Crippen LogP contribution in [0, 0.1) is 13.8 Å². The van der Waals surface area contributed by atoms with Crippen LogP contribution in [0.15, 0.2) is 42.5 Å². The van der Waals surface area contributed by atoms with E-state index in [1.165, 1.54) is 11.1 Å². The van der Waals surface area contributed by atoms with Gasteiger partial charge in [0.2, 0.25) is 5.91 Å². The molecule has 1 saturated heterocycles. The molecule has 1 fully saturated rings. The average Bonchev–Trinajstić information content (AvgIpc) is 2.64. The van der Waals surface area contributed by atoms with E-state index in [4.69, 9.17) is 4.74 Å². The van der Waals surface area contributed by atoms with Gasteiger partial charge in [-0.05, 0) is 49.2 Å². The van der Waals surface area contributed by atoms with Crippen molar-refractivity contribution in [3.8, 4) is 0 Å². The molecule has 0 atom stereocenters. The molecule has 3 rings (SSSR count). The predicted octanol–water partition coefficient (Wildman–Crippen LogP) is 3.19. The molecule has 1 heterocycles. The highest BCUT2D eigenvalue weighted by Gasteiger charge is 2.14. The third-order valence-corrected chi connectivity index (χ3v) is 4.49. The van der Waals surface area contributed by atoms with Crippen LogP contribution in [0.5, 0.6) is 0 Å². The third kappa shape index (κ3) is 4.51. The van der Waals surface area contributed by atoms with Gasteiger partial charge in [-0.1, -0.05) is 18.2 Å². The Kier molecular flexibility index (Phi) is 5.56. The Hall–Kier alpha value is -2.53. The van der Waals surface area contributed by atoms with Crippen molar-refractivity contribution >= 4 is 23.0 Å². The first-order valence-electron chi connectivity index (χ1n) is 8.66. The van der Waals surface area contributed by atoms with Crippen molar-refractivity contribution in [2.45, 2.75) is 13.8 Å². The van der Waals surface area contributed by atoms with Crippen LogP contribution in [-0.4, -0.2) is 38.8 Å². The summed E-state index contributed by atoms with van der Waals surface area (Å²) in [7, 11) is 0. The molecule has 0 radical (unpaired) electrons. The summed E-state index contributed by atoms with van der Waals surface area (Å²) in [6.45, 7) is 7.55. The van der Waals surface area contributed by atoms with Crippen LogP contribution in [-0.2, 0) is 9.53 Å². The maximum absolute atomic E-state index is 12.3. The molecule has 5 nitrogen and oxygen atoms in total. The minimum atomic E-state index is -0.0555. The number of anilines is 3. The molecular weight excluding hydrogens is 314 g/mol. The summed E-state index contributed by atoms with van der Waals surface area (Å²) in [5, 5.41) is 6.21. The van der Waals surface area contributed by atoms with Gasteiger partial charge in [0, 0.05) is 18.8 Å². The monoisotopic (exact) mass is 339 g/mol. The van der Waals surface area contributed by atoms with Gasteiger partial charge in [0.15, 0.2) is 0 Å². The van der Waals surface area contributed by atoms with Crippen LogP contribution in [0.3, 0.4) is 0 Å². The fourth-order valence-corrected chi connectivity index (χ4v) is 2.90. The molecule has 0 bridgehead atoms.